The van der Waals surface area contributed by atoms with Crippen LogP contribution in [0.2, 0.25) is 20.1 Å². The number of amides is 2. The molecule has 2 amide bonds. The summed E-state index contributed by atoms with van der Waals surface area (Å²) >= 11 is 23.2. The summed E-state index contributed by atoms with van der Waals surface area (Å²) < 4.78 is 149. The molecule has 0 aliphatic rings. The van der Waals surface area contributed by atoms with Crippen molar-refractivity contribution in [2.45, 2.75) is 31.6 Å². The average molecular weight is 1230 g/mol. The van der Waals surface area contributed by atoms with Crippen LogP contribution in [0.25, 0.3) is 5.69 Å². The highest BCUT2D eigenvalue weighted by atomic mass is 35.5. The number of rotatable bonds is 18. The standard InChI is InChI=1S/C14H10F4N4O7S.C11H10Cl2F2N4O3S.C8H6Cl2O3.C3H8NO5P/c15-11(16)28-8-5-9(29-12(17)18)20-13(19-8)21-14(25)22-30(26,27)7-4-2-1-3-6(7)10(23)24;1-5-16-19(11(20)18(5)10(14)15)9-4-8(17-23(2,21)22)6(12)3-7(9)13;1-13-7-5(10)3-2-4(9)6(7)8(11)12;5-3(6)1-4-2-10(7,8)9/h1-5,11-12H,(H,23,24)(H2,19,20,21,22,25);3-4,10,17H,1-2H3;2-3H,1H3,(H,11,12);4H,1-2H2,(H,5,6)(H2,7,8,9). The van der Waals surface area contributed by atoms with E-state index in [1.165, 1.54) is 49.1 Å². The minimum absolute atomic E-state index is 0.0257. The predicted octanol–water partition coefficient (Wildman–Crippen LogP) is 5.80. The number of ether oxygens (including phenoxy) is 3. The molecule has 0 radical (unpaired) electrons. The van der Waals surface area contributed by atoms with Gasteiger partial charge >= 0.3 is 57.0 Å². The van der Waals surface area contributed by atoms with Gasteiger partial charge in [0.1, 0.15) is 16.3 Å². The molecule has 0 aliphatic heterocycles. The zero-order valence-corrected chi connectivity index (χ0v) is 43.2. The molecule has 0 spiro atoms. The zero-order chi connectivity index (χ0) is 58.2. The highest BCUT2D eigenvalue weighted by Crippen LogP contribution is 2.34. The second-order valence-corrected chi connectivity index (χ2v) is 20.1. The van der Waals surface area contributed by atoms with E-state index in [0.717, 1.165) is 24.5 Å². The van der Waals surface area contributed by atoms with Crippen LogP contribution in [0.1, 0.15) is 33.1 Å². The molecule has 2 aromatic heterocycles. The van der Waals surface area contributed by atoms with Gasteiger partial charge in [0.15, 0.2) is 5.75 Å². The number of carbonyl (C=O) groups excluding carboxylic acids is 1. The fraction of sp³-hybridized carbons (Fsp3) is 0.222. The summed E-state index contributed by atoms with van der Waals surface area (Å²) in [6.45, 7) is -9.10. The van der Waals surface area contributed by atoms with Crippen LogP contribution in [-0.2, 0) is 29.4 Å². The van der Waals surface area contributed by atoms with Gasteiger partial charge in [0.2, 0.25) is 27.7 Å². The molecule has 2 heterocycles. The lowest BCUT2D eigenvalue weighted by atomic mass is 10.2. The molecule has 0 fully saturated rings. The molecule has 0 saturated heterocycles. The van der Waals surface area contributed by atoms with Gasteiger partial charge in [-0.15, -0.1) is 5.10 Å². The maximum Gasteiger partial charge on any atom is 0.388 e. The number of urea groups is 1. The van der Waals surface area contributed by atoms with Crippen molar-refractivity contribution >= 4 is 110 Å². The van der Waals surface area contributed by atoms with E-state index in [-0.39, 0.29) is 53.2 Å². The van der Waals surface area contributed by atoms with Crippen LogP contribution in [-0.4, -0.2) is 130 Å². The number of alkyl halides is 6. The van der Waals surface area contributed by atoms with Gasteiger partial charge < -0.3 is 39.3 Å². The average Bonchev–Trinajstić information content (AvgIpc) is 3.56. The number of hydrogen-bond donors (Lipinski definition) is 9. The predicted molar refractivity (Wildman–Crippen MR) is 253 cm³/mol. The Morgan fingerprint density at radius 1 is 0.803 bits per heavy atom. The number of methoxy groups -OCH3 is 1. The maximum absolute atomic E-state index is 12.8. The number of aromatic nitrogens is 5. The summed E-state index contributed by atoms with van der Waals surface area (Å²) in [5, 5.41) is 33.5. The number of carboxylic acids is 3. The number of halogens is 10. The Kier molecular flexibility index (Phi) is 24.5. The van der Waals surface area contributed by atoms with Crippen molar-refractivity contribution in [3.05, 3.63) is 102 Å². The number of carboxylic acid groups (broad SMARTS) is 3. The van der Waals surface area contributed by atoms with E-state index in [2.05, 4.69) is 34.6 Å². The van der Waals surface area contributed by atoms with Crippen molar-refractivity contribution < 1.29 is 106 Å². The SMILES string of the molecule is COc1c(Cl)ccc(Cl)c1C(=O)O.Cc1nn(-c2cc(NS(C)(=O)=O)c(Cl)cc2Cl)c(=O)n1C(F)F.O=C(Nc1nc(OC(F)F)cc(OC(F)F)n1)NS(=O)(=O)c1ccccc1C(=O)O.O=C(O)CNCP(=O)(O)O. The van der Waals surface area contributed by atoms with Crippen LogP contribution < -0.4 is 40.0 Å². The number of nitrogens with one attached hydrogen (secondary N) is 4. The molecule has 3 aromatic carbocycles. The summed E-state index contributed by atoms with van der Waals surface area (Å²) in [5.74, 6) is -6.91. The fourth-order valence-electron chi connectivity index (χ4n) is 5.02. The quantitative estimate of drug-likeness (QED) is 0.0369. The lowest BCUT2D eigenvalue weighted by molar-refractivity contribution is -0.135. The van der Waals surface area contributed by atoms with Crippen LogP contribution in [0.3, 0.4) is 0 Å². The Labute approximate surface area is 441 Å². The van der Waals surface area contributed by atoms with E-state index >= 15 is 0 Å². The van der Waals surface area contributed by atoms with E-state index in [1.54, 1.807) is 5.32 Å². The fourth-order valence-corrected chi connectivity index (χ4v) is 8.13. The molecule has 27 nitrogen and oxygen atoms in total. The van der Waals surface area contributed by atoms with Crippen LogP contribution >= 0.6 is 54.0 Å². The molecule has 5 aromatic rings. The molecule has 76 heavy (non-hydrogen) atoms. The van der Waals surface area contributed by atoms with Gasteiger partial charge in [-0.25, -0.2) is 45.3 Å². The Balaban J connectivity index is 0.000000377. The van der Waals surface area contributed by atoms with Crippen LogP contribution in [0.15, 0.2) is 64.3 Å². The van der Waals surface area contributed by atoms with Crippen molar-refractivity contribution in [1.29, 1.82) is 0 Å². The third-order valence-corrected chi connectivity index (χ3v) is 11.6. The monoisotopic (exact) mass is 1230 g/mol. The van der Waals surface area contributed by atoms with E-state index in [0.29, 0.717) is 10.7 Å². The van der Waals surface area contributed by atoms with Gasteiger partial charge in [-0.05, 0) is 43.3 Å². The van der Waals surface area contributed by atoms with E-state index < -0.39 is 118 Å². The summed E-state index contributed by atoms with van der Waals surface area (Å²) in [6, 6.07) is 8.43. The molecule has 9 N–H and O–H groups in total. The molecule has 5 rings (SSSR count). The second-order valence-electron chi connectivity index (χ2n) is 13.4. The highest BCUT2D eigenvalue weighted by Gasteiger charge is 2.26. The topological polar surface area (TPSA) is 396 Å². The van der Waals surface area contributed by atoms with Crippen molar-refractivity contribution in [2.75, 3.05) is 36.2 Å². The molecule has 0 saturated carbocycles. The molecular weight excluding hydrogens is 1200 g/mol. The number of aliphatic carboxylic acids is 1. The first kappa shape index (κ1) is 65.4. The maximum atomic E-state index is 12.8. The van der Waals surface area contributed by atoms with Crippen LogP contribution in [0.4, 0.5) is 42.8 Å². The molecular formula is C36H34Cl4F6N9O18PS2. The van der Waals surface area contributed by atoms with Crippen LogP contribution in [0, 0.1) is 6.92 Å². The Hall–Kier alpha value is -6.69. The van der Waals surface area contributed by atoms with Crippen molar-refractivity contribution in [2.24, 2.45) is 0 Å². The first-order valence-electron chi connectivity index (χ1n) is 19.1. The molecule has 0 bridgehead atoms. The summed E-state index contributed by atoms with van der Waals surface area (Å²) in [4.78, 5) is 77.7. The highest BCUT2D eigenvalue weighted by molar-refractivity contribution is 7.92. The Morgan fingerprint density at radius 3 is 1.80 bits per heavy atom. The van der Waals surface area contributed by atoms with Gasteiger partial charge in [0.25, 0.3) is 10.0 Å². The normalized spacial score (nSPS) is 11.2. The molecule has 0 atom stereocenters. The lowest BCUT2D eigenvalue weighted by Gasteiger charge is -2.11. The van der Waals surface area contributed by atoms with Crippen LogP contribution in [0.5, 0.6) is 17.5 Å². The number of sulfonamides is 2. The minimum Gasteiger partial charge on any atom is -0.494 e. The zero-order valence-electron chi connectivity index (χ0n) is 37.7. The summed E-state index contributed by atoms with van der Waals surface area (Å²) in [6.07, 6.45) is 0.304. The molecule has 0 unspecified atom stereocenters. The number of carbonyl (C=O) groups is 4. The van der Waals surface area contributed by atoms with Crippen molar-refractivity contribution in [3.8, 4) is 23.2 Å². The minimum atomic E-state index is -4.71. The smallest absolute Gasteiger partial charge is 0.388 e. The molecule has 418 valence electrons. The molecule has 0 aliphatic carbocycles. The van der Waals surface area contributed by atoms with Crippen molar-refractivity contribution in [1.82, 2.24) is 34.4 Å². The largest absolute Gasteiger partial charge is 0.494 e. The Bertz CT molecular complexity index is 3240. The lowest BCUT2D eigenvalue weighted by Crippen LogP contribution is -2.35. The first-order valence-corrected chi connectivity index (χ1v) is 25.8. The number of aromatic carboxylic acids is 2. The number of nitrogens with zero attached hydrogens (tertiary/aromatic N) is 5. The van der Waals surface area contributed by atoms with E-state index in [9.17, 15) is 71.7 Å². The van der Waals surface area contributed by atoms with Gasteiger partial charge in [-0.1, -0.05) is 58.5 Å². The van der Waals surface area contributed by atoms with Gasteiger partial charge in [-0.2, -0.15) is 41.0 Å². The number of hydrogen-bond acceptors (Lipinski definition) is 17. The number of benzene rings is 3. The number of anilines is 2. The number of aryl methyl sites for hydroxylation is 1. The van der Waals surface area contributed by atoms with Gasteiger partial charge in [0, 0.05) is 0 Å². The molecule has 40 heteroatoms. The first-order chi connectivity index (χ1) is 35.0. The van der Waals surface area contributed by atoms with E-state index in [1.807, 2.05) is 0 Å². The Morgan fingerprint density at radius 2 is 1.36 bits per heavy atom. The second kappa shape index (κ2) is 28.4. The van der Waals surface area contributed by atoms with E-state index in [4.69, 9.17) is 76.2 Å². The summed E-state index contributed by atoms with van der Waals surface area (Å²) in [5.41, 5.74) is -2.03. The van der Waals surface area contributed by atoms with Crippen molar-refractivity contribution in [3.63, 3.8) is 0 Å². The summed E-state index contributed by atoms with van der Waals surface area (Å²) in [7, 11) is -11.1. The van der Waals surface area contributed by atoms with Gasteiger partial charge in [0.05, 0.1) is 69.3 Å². The third-order valence-electron chi connectivity index (χ3n) is 7.76. The third kappa shape index (κ3) is 21.1. The van der Waals surface area contributed by atoms with Gasteiger partial charge in [-0.3, -0.25) is 24.7 Å².